The summed E-state index contributed by atoms with van der Waals surface area (Å²) in [6, 6.07) is 0. The van der Waals surface area contributed by atoms with E-state index in [0.29, 0.717) is 17.2 Å². The molecule has 0 saturated heterocycles. The predicted octanol–water partition coefficient (Wildman–Crippen LogP) is 3.53. The van der Waals surface area contributed by atoms with Gasteiger partial charge in [-0.25, -0.2) is 4.79 Å². The van der Waals surface area contributed by atoms with Crippen molar-refractivity contribution in [2.24, 2.45) is 5.92 Å². The summed E-state index contributed by atoms with van der Waals surface area (Å²) >= 11 is 1.42. The van der Waals surface area contributed by atoms with E-state index in [0.717, 1.165) is 16.9 Å². The maximum Gasteiger partial charge on any atom is 0.341 e. The number of amides is 1. The molecule has 106 valence electrons. The minimum Gasteiger partial charge on any atom is -0.462 e. The lowest BCUT2D eigenvalue weighted by molar-refractivity contribution is -0.119. The molecular weight excluding hydrogens is 262 g/mol. The average Bonchev–Trinajstić information content (AvgIpc) is 2.64. The van der Waals surface area contributed by atoms with Crippen LogP contribution in [0.5, 0.6) is 0 Å². The van der Waals surface area contributed by atoms with Gasteiger partial charge in [-0.1, -0.05) is 13.8 Å². The van der Waals surface area contributed by atoms with E-state index < -0.39 is 0 Å². The van der Waals surface area contributed by atoms with Crippen molar-refractivity contribution in [2.75, 3.05) is 11.9 Å². The van der Waals surface area contributed by atoms with E-state index in [-0.39, 0.29) is 17.8 Å². The van der Waals surface area contributed by atoms with Crippen LogP contribution >= 0.6 is 11.3 Å². The Balaban J connectivity index is 3.04. The van der Waals surface area contributed by atoms with Crippen molar-refractivity contribution < 1.29 is 14.3 Å². The first-order valence-corrected chi connectivity index (χ1v) is 7.31. The normalized spacial score (nSPS) is 12.1. The average molecular weight is 283 g/mol. The molecule has 0 aliphatic carbocycles. The molecule has 0 spiro atoms. The van der Waals surface area contributed by atoms with Gasteiger partial charge < -0.3 is 10.1 Å². The molecular formula is C14H21NO3S. The monoisotopic (exact) mass is 283 g/mol. The molecule has 1 rings (SSSR count). The summed E-state index contributed by atoms with van der Waals surface area (Å²) in [5.41, 5.74) is 1.36. The van der Waals surface area contributed by atoms with Gasteiger partial charge in [0.25, 0.3) is 0 Å². The minimum atomic E-state index is -0.371. The van der Waals surface area contributed by atoms with Gasteiger partial charge in [0.05, 0.1) is 12.2 Å². The molecule has 1 aromatic heterocycles. The number of carbonyl (C=O) groups excluding carboxylic acids is 2. The molecule has 0 aliphatic heterocycles. The zero-order valence-electron chi connectivity index (χ0n) is 12.1. The van der Waals surface area contributed by atoms with Gasteiger partial charge in [-0.05, 0) is 32.8 Å². The maximum absolute atomic E-state index is 12.0. The number of rotatable bonds is 5. The second kappa shape index (κ2) is 6.70. The van der Waals surface area contributed by atoms with Gasteiger partial charge in [-0.2, -0.15) is 0 Å². The number of aryl methyl sites for hydroxylation is 1. The van der Waals surface area contributed by atoms with Crippen molar-refractivity contribution in [3.63, 3.8) is 0 Å². The van der Waals surface area contributed by atoms with Crippen LogP contribution < -0.4 is 5.32 Å². The van der Waals surface area contributed by atoms with Crippen molar-refractivity contribution in [1.82, 2.24) is 0 Å². The van der Waals surface area contributed by atoms with E-state index >= 15 is 0 Å². The number of carbonyl (C=O) groups is 2. The third-order valence-corrected chi connectivity index (χ3v) is 4.28. The Morgan fingerprint density at radius 2 is 1.95 bits per heavy atom. The van der Waals surface area contributed by atoms with E-state index in [4.69, 9.17) is 4.74 Å². The molecule has 1 N–H and O–H groups in total. The largest absolute Gasteiger partial charge is 0.462 e. The molecule has 0 saturated carbocycles. The van der Waals surface area contributed by atoms with Crippen LogP contribution in [-0.2, 0) is 9.53 Å². The fourth-order valence-corrected chi connectivity index (χ4v) is 2.64. The van der Waals surface area contributed by atoms with E-state index in [1.807, 2.05) is 27.7 Å². The van der Waals surface area contributed by atoms with Crippen LogP contribution in [0.4, 0.5) is 5.00 Å². The summed E-state index contributed by atoms with van der Waals surface area (Å²) in [6.45, 7) is 9.72. The molecule has 1 heterocycles. The molecule has 0 fully saturated rings. The number of hydrogen-bond donors (Lipinski definition) is 1. The van der Waals surface area contributed by atoms with Crippen molar-refractivity contribution in [2.45, 2.75) is 41.0 Å². The Kier molecular flexibility index (Phi) is 5.54. The summed E-state index contributed by atoms with van der Waals surface area (Å²) in [6.07, 6.45) is 0.768. The zero-order chi connectivity index (χ0) is 14.6. The molecule has 1 amide bonds. The van der Waals surface area contributed by atoms with Gasteiger partial charge in [-0.15, -0.1) is 11.3 Å². The number of thiophene rings is 1. The highest BCUT2D eigenvalue weighted by molar-refractivity contribution is 7.16. The summed E-state index contributed by atoms with van der Waals surface area (Å²) in [7, 11) is 0. The third-order valence-electron chi connectivity index (χ3n) is 3.16. The second-order valence-corrected chi connectivity index (χ2v) is 5.73. The highest BCUT2D eigenvalue weighted by Gasteiger charge is 2.23. The zero-order valence-corrected chi connectivity index (χ0v) is 12.9. The fraction of sp³-hybridized carbons (Fsp3) is 0.571. The Morgan fingerprint density at radius 3 is 2.47 bits per heavy atom. The molecule has 5 heteroatoms. The molecule has 0 bridgehead atoms. The standard InChI is InChI=1S/C14H21NO3S/c1-6-8(3)12(16)15-13-11(14(17)18-7-2)9(4)10(5)19-13/h8H,6-7H2,1-5H3,(H,15,16). The van der Waals surface area contributed by atoms with Gasteiger partial charge in [0.15, 0.2) is 0 Å². The Morgan fingerprint density at radius 1 is 1.32 bits per heavy atom. The summed E-state index contributed by atoms with van der Waals surface area (Å²) < 4.78 is 5.05. The number of anilines is 1. The Labute approximate surface area is 118 Å². The van der Waals surface area contributed by atoms with Crippen LogP contribution in [0.25, 0.3) is 0 Å². The molecule has 0 aliphatic rings. The topological polar surface area (TPSA) is 55.4 Å². The molecule has 19 heavy (non-hydrogen) atoms. The first-order valence-electron chi connectivity index (χ1n) is 6.50. The lowest BCUT2D eigenvalue weighted by Gasteiger charge is -2.10. The minimum absolute atomic E-state index is 0.0608. The maximum atomic E-state index is 12.0. The van der Waals surface area contributed by atoms with E-state index in [2.05, 4.69) is 5.32 Å². The molecule has 1 unspecified atom stereocenters. The van der Waals surface area contributed by atoms with Crippen LogP contribution in [-0.4, -0.2) is 18.5 Å². The SMILES string of the molecule is CCOC(=O)c1c(NC(=O)C(C)CC)sc(C)c1C. The van der Waals surface area contributed by atoms with Gasteiger partial charge in [-0.3, -0.25) is 4.79 Å². The van der Waals surface area contributed by atoms with Gasteiger partial charge in [0.2, 0.25) is 5.91 Å². The van der Waals surface area contributed by atoms with Crippen molar-refractivity contribution >= 4 is 28.2 Å². The number of esters is 1. The lowest BCUT2D eigenvalue weighted by atomic mass is 10.1. The van der Waals surface area contributed by atoms with Crippen LogP contribution in [0, 0.1) is 19.8 Å². The van der Waals surface area contributed by atoms with E-state index in [9.17, 15) is 9.59 Å². The van der Waals surface area contributed by atoms with Crippen LogP contribution in [0.1, 0.15) is 48.0 Å². The van der Waals surface area contributed by atoms with Crippen molar-refractivity contribution in [3.8, 4) is 0 Å². The summed E-state index contributed by atoms with van der Waals surface area (Å²) in [5.74, 6) is -0.504. The molecule has 4 nitrogen and oxygen atoms in total. The second-order valence-electron chi connectivity index (χ2n) is 4.51. The summed E-state index contributed by atoms with van der Waals surface area (Å²) in [5, 5.41) is 3.44. The van der Waals surface area contributed by atoms with Gasteiger partial charge >= 0.3 is 5.97 Å². The molecule has 1 aromatic rings. The first-order chi connectivity index (χ1) is 8.92. The molecule has 0 aromatic carbocycles. The third kappa shape index (κ3) is 3.56. The quantitative estimate of drug-likeness (QED) is 0.841. The van der Waals surface area contributed by atoms with E-state index in [1.165, 1.54) is 11.3 Å². The number of hydrogen-bond acceptors (Lipinski definition) is 4. The first kappa shape index (κ1) is 15.7. The lowest BCUT2D eigenvalue weighted by Crippen LogP contribution is -2.20. The number of nitrogens with one attached hydrogen (secondary N) is 1. The molecule has 0 radical (unpaired) electrons. The van der Waals surface area contributed by atoms with Crippen LogP contribution in [0.3, 0.4) is 0 Å². The smallest absolute Gasteiger partial charge is 0.341 e. The van der Waals surface area contributed by atoms with Crippen LogP contribution in [0.15, 0.2) is 0 Å². The van der Waals surface area contributed by atoms with Gasteiger partial charge in [0.1, 0.15) is 5.00 Å². The van der Waals surface area contributed by atoms with Crippen molar-refractivity contribution in [3.05, 3.63) is 16.0 Å². The predicted molar refractivity (Wildman–Crippen MR) is 77.8 cm³/mol. The summed E-state index contributed by atoms with van der Waals surface area (Å²) in [4.78, 5) is 24.9. The van der Waals surface area contributed by atoms with E-state index in [1.54, 1.807) is 6.92 Å². The van der Waals surface area contributed by atoms with Crippen molar-refractivity contribution in [1.29, 1.82) is 0 Å². The van der Waals surface area contributed by atoms with Crippen LogP contribution in [0.2, 0.25) is 0 Å². The van der Waals surface area contributed by atoms with Gasteiger partial charge in [0, 0.05) is 10.8 Å². The highest BCUT2D eigenvalue weighted by atomic mass is 32.1. The Bertz CT molecular complexity index is 479. The number of ether oxygens (including phenoxy) is 1. The molecule has 1 atom stereocenters. The fourth-order valence-electron chi connectivity index (χ4n) is 1.58. The highest BCUT2D eigenvalue weighted by Crippen LogP contribution is 2.33. The Hall–Kier alpha value is -1.36.